The van der Waals surface area contributed by atoms with Crippen LogP contribution < -0.4 is 16.6 Å². The van der Waals surface area contributed by atoms with Crippen LogP contribution in [0.15, 0.2) is 27.8 Å². The molecular weight excluding hydrogens is 385 g/mol. The second kappa shape index (κ2) is 6.82. The number of benzene rings is 1. The number of thioether (sulfide) groups is 1. The van der Waals surface area contributed by atoms with Gasteiger partial charge in [-0.2, -0.15) is 0 Å². The Hall–Kier alpha value is -0.730. The summed E-state index contributed by atoms with van der Waals surface area (Å²) in [6, 6.07) is 5.27. The van der Waals surface area contributed by atoms with Crippen LogP contribution in [0.4, 0.5) is 17.3 Å². The molecule has 20 heavy (non-hydrogen) atoms. The van der Waals surface area contributed by atoms with Crippen LogP contribution in [-0.2, 0) is 0 Å². The monoisotopic (exact) mass is 393 g/mol. The number of rotatable bonds is 4. The van der Waals surface area contributed by atoms with E-state index in [0.717, 1.165) is 4.47 Å². The maximum atomic E-state index is 6.18. The number of hydrogen-bond acceptors (Lipinski definition) is 6. The van der Waals surface area contributed by atoms with E-state index in [1.807, 2.05) is 6.26 Å². The van der Waals surface area contributed by atoms with E-state index in [1.54, 1.807) is 18.2 Å². The first-order valence-corrected chi connectivity index (χ1v) is 8.12. The first kappa shape index (κ1) is 15.7. The number of nitrogens with one attached hydrogen (secondary N) is 2. The molecule has 0 radical (unpaired) electrons. The molecule has 0 fully saturated rings. The summed E-state index contributed by atoms with van der Waals surface area (Å²) in [5.74, 6) is 6.45. The molecule has 0 unspecified atom stereocenters. The lowest BCUT2D eigenvalue weighted by Crippen LogP contribution is -2.10. The Morgan fingerprint density at radius 1 is 1.20 bits per heavy atom. The van der Waals surface area contributed by atoms with E-state index in [0.29, 0.717) is 32.5 Å². The minimum Gasteiger partial charge on any atom is -0.339 e. The largest absolute Gasteiger partial charge is 0.339 e. The fourth-order valence-electron chi connectivity index (χ4n) is 1.41. The van der Waals surface area contributed by atoms with Crippen LogP contribution in [0.5, 0.6) is 0 Å². The van der Waals surface area contributed by atoms with Gasteiger partial charge >= 0.3 is 0 Å². The molecule has 0 spiro atoms. The minimum absolute atomic E-state index is 0.410. The number of nitrogen functional groups attached to an aromatic ring is 1. The zero-order chi connectivity index (χ0) is 14.7. The molecule has 4 N–H and O–H groups in total. The van der Waals surface area contributed by atoms with Crippen molar-refractivity contribution in [2.45, 2.75) is 5.16 Å². The van der Waals surface area contributed by atoms with Gasteiger partial charge < -0.3 is 10.7 Å². The van der Waals surface area contributed by atoms with Crippen molar-refractivity contribution in [2.24, 2.45) is 5.84 Å². The summed E-state index contributed by atoms with van der Waals surface area (Å²) in [7, 11) is 0. The van der Waals surface area contributed by atoms with Crippen LogP contribution in [0.25, 0.3) is 0 Å². The third-order valence-corrected chi connectivity index (χ3v) is 4.65. The summed E-state index contributed by atoms with van der Waals surface area (Å²) in [6.45, 7) is 0. The van der Waals surface area contributed by atoms with Crippen molar-refractivity contribution in [3.05, 3.63) is 32.7 Å². The second-order valence-corrected chi connectivity index (χ2v) is 6.00. The van der Waals surface area contributed by atoms with Crippen LogP contribution >= 0.6 is 50.9 Å². The normalized spacial score (nSPS) is 10.4. The van der Waals surface area contributed by atoms with Gasteiger partial charge in [0.05, 0.1) is 15.7 Å². The van der Waals surface area contributed by atoms with Crippen molar-refractivity contribution in [1.29, 1.82) is 0 Å². The molecule has 0 saturated heterocycles. The van der Waals surface area contributed by atoms with Crippen molar-refractivity contribution in [2.75, 3.05) is 17.0 Å². The molecule has 1 heterocycles. The Morgan fingerprint density at radius 2 is 1.90 bits per heavy atom. The maximum absolute atomic E-state index is 6.18. The molecule has 0 aliphatic carbocycles. The van der Waals surface area contributed by atoms with Crippen molar-refractivity contribution < 1.29 is 0 Å². The summed E-state index contributed by atoms with van der Waals surface area (Å²) in [5, 5.41) is 4.53. The number of anilines is 3. The highest BCUT2D eigenvalue weighted by Crippen LogP contribution is 2.37. The van der Waals surface area contributed by atoms with Gasteiger partial charge in [-0.1, -0.05) is 35.0 Å². The summed E-state index contributed by atoms with van der Waals surface area (Å²) >= 11 is 17.0. The molecule has 0 bridgehead atoms. The van der Waals surface area contributed by atoms with E-state index in [9.17, 15) is 0 Å². The molecule has 0 aliphatic rings. The van der Waals surface area contributed by atoms with Gasteiger partial charge in [0, 0.05) is 10.5 Å². The van der Waals surface area contributed by atoms with Gasteiger partial charge in [0.15, 0.2) is 5.16 Å². The lowest BCUT2D eigenvalue weighted by molar-refractivity contribution is 0.971. The van der Waals surface area contributed by atoms with E-state index in [-0.39, 0.29) is 0 Å². The van der Waals surface area contributed by atoms with Crippen LogP contribution in [0.2, 0.25) is 10.0 Å². The van der Waals surface area contributed by atoms with Crippen molar-refractivity contribution >= 4 is 68.2 Å². The molecule has 0 aliphatic heterocycles. The molecule has 1 aromatic heterocycles. The molecular formula is C11H10BrCl2N5S. The number of hydrazine groups is 1. The van der Waals surface area contributed by atoms with E-state index >= 15 is 0 Å². The number of nitrogens with two attached hydrogens (primary N) is 1. The van der Waals surface area contributed by atoms with Gasteiger partial charge in [-0.15, -0.1) is 0 Å². The quantitative estimate of drug-likeness (QED) is 0.236. The smallest absolute Gasteiger partial charge is 0.191 e. The third kappa shape index (κ3) is 3.48. The third-order valence-electron chi connectivity index (χ3n) is 2.33. The molecule has 0 amide bonds. The molecule has 2 aromatic rings. The summed E-state index contributed by atoms with van der Waals surface area (Å²) in [6.07, 6.45) is 1.88. The lowest BCUT2D eigenvalue weighted by Gasteiger charge is -2.11. The highest BCUT2D eigenvalue weighted by molar-refractivity contribution is 9.10. The Balaban J connectivity index is 2.37. The zero-order valence-corrected chi connectivity index (χ0v) is 14.2. The molecule has 1 aromatic carbocycles. The molecule has 0 atom stereocenters. The van der Waals surface area contributed by atoms with Crippen molar-refractivity contribution in [3.63, 3.8) is 0 Å². The van der Waals surface area contributed by atoms with E-state index in [1.165, 1.54) is 11.8 Å². The minimum atomic E-state index is 0.410. The predicted octanol–water partition coefficient (Wildman–Crippen LogP) is 4.30. The highest BCUT2D eigenvalue weighted by atomic mass is 79.9. The Morgan fingerprint density at radius 3 is 2.55 bits per heavy atom. The number of halogens is 3. The van der Waals surface area contributed by atoms with Gasteiger partial charge in [0.1, 0.15) is 11.6 Å². The maximum Gasteiger partial charge on any atom is 0.191 e. The summed E-state index contributed by atoms with van der Waals surface area (Å²) < 4.78 is 0.728. The van der Waals surface area contributed by atoms with Crippen LogP contribution in [0, 0.1) is 0 Å². The molecule has 2 rings (SSSR count). The SMILES string of the molecule is CSc1nc(NN)cc(Nc2ccc(Br)c(Cl)c2Cl)n1. The number of hydrogen-bond donors (Lipinski definition) is 3. The lowest BCUT2D eigenvalue weighted by atomic mass is 10.3. The number of aromatic nitrogens is 2. The Bertz CT molecular complexity index is 618. The first-order valence-electron chi connectivity index (χ1n) is 5.35. The Labute approximate surface area is 138 Å². The fourth-order valence-corrected chi connectivity index (χ4v) is 2.62. The van der Waals surface area contributed by atoms with Crippen molar-refractivity contribution in [1.82, 2.24) is 9.97 Å². The van der Waals surface area contributed by atoms with Gasteiger partial charge in [-0.25, -0.2) is 15.8 Å². The average molecular weight is 395 g/mol. The summed E-state index contributed by atoms with van der Waals surface area (Å²) in [4.78, 5) is 8.50. The van der Waals surface area contributed by atoms with E-state index in [4.69, 9.17) is 29.0 Å². The predicted molar refractivity (Wildman–Crippen MR) is 89.1 cm³/mol. The molecule has 0 saturated carbocycles. The molecule has 9 heteroatoms. The van der Waals surface area contributed by atoms with Crippen LogP contribution in [0.1, 0.15) is 0 Å². The van der Waals surface area contributed by atoms with E-state index in [2.05, 4.69) is 36.6 Å². The second-order valence-electron chi connectivity index (χ2n) is 3.62. The Kier molecular flexibility index (Phi) is 5.34. The van der Waals surface area contributed by atoms with Crippen LogP contribution in [-0.4, -0.2) is 16.2 Å². The van der Waals surface area contributed by atoms with Gasteiger partial charge in [-0.05, 0) is 34.3 Å². The topological polar surface area (TPSA) is 75.9 Å². The first-order chi connectivity index (χ1) is 9.55. The molecule has 106 valence electrons. The number of nitrogens with zero attached hydrogens (tertiary/aromatic N) is 2. The van der Waals surface area contributed by atoms with Gasteiger partial charge in [0.2, 0.25) is 0 Å². The van der Waals surface area contributed by atoms with Gasteiger partial charge in [-0.3, -0.25) is 0 Å². The van der Waals surface area contributed by atoms with Gasteiger partial charge in [0.25, 0.3) is 0 Å². The highest BCUT2D eigenvalue weighted by Gasteiger charge is 2.10. The van der Waals surface area contributed by atoms with Crippen LogP contribution in [0.3, 0.4) is 0 Å². The standard InChI is InChI=1S/C11H10BrCl2N5S/c1-20-11-17-7(4-8(18-11)19-15)16-6-3-2-5(12)9(13)10(6)14/h2-4H,15H2,1H3,(H2,16,17,18,19). The summed E-state index contributed by atoms with van der Waals surface area (Å²) in [5.41, 5.74) is 3.14. The average Bonchev–Trinajstić information content (AvgIpc) is 2.47. The van der Waals surface area contributed by atoms with E-state index < -0.39 is 0 Å². The molecule has 5 nitrogen and oxygen atoms in total. The zero-order valence-electron chi connectivity index (χ0n) is 10.2. The van der Waals surface area contributed by atoms with Crippen molar-refractivity contribution in [3.8, 4) is 0 Å². The fraction of sp³-hybridized carbons (Fsp3) is 0.0909.